The highest BCUT2D eigenvalue weighted by Gasteiger charge is 2.39. The second-order valence-corrected chi connectivity index (χ2v) is 9.00. The van der Waals surface area contributed by atoms with Crippen LogP contribution in [0.15, 0.2) is 16.8 Å². The van der Waals surface area contributed by atoms with Crippen molar-refractivity contribution in [2.45, 2.75) is 32.2 Å². The molecule has 11 heteroatoms. The van der Waals surface area contributed by atoms with Gasteiger partial charge < -0.3 is 9.42 Å². The van der Waals surface area contributed by atoms with E-state index in [-0.39, 0.29) is 24.4 Å². The Morgan fingerprint density at radius 1 is 1.41 bits per heavy atom. The highest BCUT2D eigenvalue weighted by Crippen LogP contribution is 2.20. The second-order valence-electron chi connectivity index (χ2n) is 7.07. The number of sulfonamides is 1. The Hall–Kier alpha value is -2.27. The standard InChI is InChI=1S/C16H24N6O4S/c1-11(2)15-17-14(19-26-15)6-8-22(27(4,24)25)12-9-21(10-12)16(23)13-5-7-20(3)18-13/h5,7,11-12H,6,8-10H2,1-4H3. The van der Waals surface area contributed by atoms with Crippen molar-refractivity contribution in [1.29, 1.82) is 0 Å². The van der Waals surface area contributed by atoms with Crippen LogP contribution in [0.2, 0.25) is 0 Å². The van der Waals surface area contributed by atoms with Gasteiger partial charge in [-0.25, -0.2) is 8.42 Å². The van der Waals surface area contributed by atoms with E-state index in [2.05, 4.69) is 15.2 Å². The fraction of sp³-hybridized carbons (Fsp3) is 0.625. The number of carbonyl (C=O) groups excluding carboxylic acids is 1. The molecule has 0 saturated carbocycles. The molecule has 1 aliphatic heterocycles. The molecular weight excluding hydrogens is 372 g/mol. The molecule has 0 radical (unpaired) electrons. The summed E-state index contributed by atoms with van der Waals surface area (Å²) in [6, 6.07) is 1.39. The zero-order valence-corrected chi connectivity index (χ0v) is 16.7. The molecule has 3 rings (SSSR count). The maximum Gasteiger partial charge on any atom is 0.274 e. The number of hydrogen-bond acceptors (Lipinski definition) is 7. The van der Waals surface area contributed by atoms with Crippen LogP contribution in [0.5, 0.6) is 0 Å². The zero-order valence-electron chi connectivity index (χ0n) is 15.9. The van der Waals surface area contributed by atoms with E-state index in [0.29, 0.717) is 36.9 Å². The molecule has 2 aromatic rings. The average Bonchev–Trinajstić information content (AvgIpc) is 3.16. The number of hydrogen-bond donors (Lipinski definition) is 0. The van der Waals surface area contributed by atoms with Gasteiger partial charge in [0.25, 0.3) is 5.91 Å². The molecule has 27 heavy (non-hydrogen) atoms. The van der Waals surface area contributed by atoms with Gasteiger partial charge in [0.05, 0.1) is 12.3 Å². The molecule has 10 nitrogen and oxygen atoms in total. The van der Waals surface area contributed by atoms with Gasteiger partial charge in [-0.1, -0.05) is 19.0 Å². The molecule has 1 fully saturated rings. The van der Waals surface area contributed by atoms with E-state index >= 15 is 0 Å². The van der Waals surface area contributed by atoms with Gasteiger partial charge in [-0.05, 0) is 6.07 Å². The van der Waals surface area contributed by atoms with Gasteiger partial charge in [-0.15, -0.1) is 0 Å². The summed E-state index contributed by atoms with van der Waals surface area (Å²) in [6.07, 6.45) is 3.23. The summed E-state index contributed by atoms with van der Waals surface area (Å²) in [5.74, 6) is 0.940. The molecule has 0 aromatic carbocycles. The van der Waals surface area contributed by atoms with Gasteiger partial charge in [-0.3, -0.25) is 9.48 Å². The van der Waals surface area contributed by atoms with E-state index in [4.69, 9.17) is 4.52 Å². The normalized spacial score (nSPS) is 15.6. The van der Waals surface area contributed by atoms with Crippen molar-refractivity contribution in [3.05, 3.63) is 29.7 Å². The summed E-state index contributed by atoms with van der Waals surface area (Å²) in [5, 5.41) is 7.99. The zero-order chi connectivity index (χ0) is 19.8. The number of amides is 1. The number of aryl methyl sites for hydroxylation is 1. The molecule has 0 bridgehead atoms. The lowest BCUT2D eigenvalue weighted by Crippen LogP contribution is -2.62. The number of aromatic nitrogens is 4. The number of carbonyl (C=O) groups is 1. The number of nitrogens with zero attached hydrogens (tertiary/aromatic N) is 6. The van der Waals surface area contributed by atoms with Crippen molar-refractivity contribution in [1.82, 2.24) is 29.1 Å². The third kappa shape index (κ3) is 4.35. The molecule has 0 aliphatic carbocycles. The maximum atomic E-state index is 12.4. The summed E-state index contributed by atoms with van der Waals surface area (Å²) < 4.78 is 32.5. The van der Waals surface area contributed by atoms with Crippen molar-refractivity contribution in [3.63, 3.8) is 0 Å². The predicted octanol–water partition coefficient (Wildman–Crippen LogP) is 0.255. The van der Waals surface area contributed by atoms with Crippen molar-refractivity contribution >= 4 is 15.9 Å². The van der Waals surface area contributed by atoms with Gasteiger partial charge in [0, 0.05) is 45.2 Å². The van der Waals surface area contributed by atoms with Crippen molar-refractivity contribution in [2.24, 2.45) is 7.05 Å². The Kier molecular flexibility index (Phi) is 5.33. The summed E-state index contributed by atoms with van der Waals surface area (Å²) in [4.78, 5) is 18.2. The molecule has 1 aliphatic rings. The molecule has 1 saturated heterocycles. The third-order valence-electron chi connectivity index (χ3n) is 4.45. The number of rotatable bonds is 7. The van der Waals surface area contributed by atoms with E-state index in [9.17, 15) is 13.2 Å². The molecular formula is C16H24N6O4S. The fourth-order valence-corrected chi connectivity index (χ4v) is 4.03. The molecule has 0 spiro atoms. The van der Waals surface area contributed by atoms with Crippen molar-refractivity contribution in [3.8, 4) is 0 Å². The van der Waals surface area contributed by atoms with Crippen LogP contribution in [0.25, 0.3) is 0 Å². The van der Waals surface area contributed by atoms with E-state index in [1.54, 1.807) is 28.9 Å². The van der Waals surface area contributed by atoms with Crippen LogP contribution in [0.1, 0.15) is 42.0 Å². The van der Waals surface area contributed by atoms with Crippen LogP contribution in [-0.2, 0) is 23.5 Å². The summed E-state index contributed by atoms with van der Waals surface area (Å²) in [6.45, 7) is 4.81. The Morgan fingerprint density at radius 3 is 2.63 bits per heavy atom. The minimum Gasteiger partial charge on any atom is -0.339 e. The van der Waals surface area contributed by atoms with Crippen molar-refractivity contribution in [2.75, 3.05) is 25.9 Å². The first-order valence-corrected chi connectivity index (χ1v) is 10.6. The summed E-state index contributed by atoms with van der Waals surface area (Å²) in [7, 11) is -1.69. The maximum absolute atomic E-state index is 12.4. The van der Waals surface area contributed by atoms with Crippen LogP contribution >= 0.6 is 0 Å². The van der Waals surface area contributed by atoms with Crippen molar-refractivity contribution < 1.29 is 17.7 Å². The molecule has 2 aromatic heterocycles. The first kappa shape index (κ1) is 19.5. The van der Waals surface area contributed by atoms with Gasteiger partial charge in [-0.2, -0.15) is 14.4 Å². The van der Waals surface area contributed by atoms with E-state index in [1.165, 1.54) is 10.6 Å². The minimum atomic E-state index is -3.42. The smallest absolute Gasteiger partial charge is 0.274 e. The van der Waals surface area contributed by atoms with Crippen LogP contribution in [0.4, 0.5) is 0 Å². The lowest BCUT2D eigenvalue weighted by atomic mass is 10.1. The van der Waals surface area contributed by atoms with Gasteiger partial charge >= 0.3 is 0 Å². The second kappa shape index (κ2) is 7.39. The Labute approximate surface area is 158 Å². The molecule has 148 valence electrons. The lowest BCUT2D eigenvalue weighted by Gasteiger charge is -2.43. The lowest BCUT2D eigenvalue weighted by molar-refractivity contribution is 0.0447. The Morgan fingerprint density at radius 2 is 2.11 bits per heavy atom. The topological polar surface area (TPSA) is 114 Å². The highest BCUT2D eigenvalue weighted by atomic mass is 32.2. The molecule has 0 unspecified atom stereocenters. The molecule has 0 N–H and O–H groups in total. The highest BCUT2D eigenvalue weighted by molar-refractivity contribution is 7.88. The van der Waals surface area contributed by atoms with Gasteiger partial charge in [0.1, 0.15) is 5.69 Å². The average molecular weight is 396 g/mol. The van der Waals surface area contributed by atoms with Crippen LogP contribution in [-0.4, -0.2) is 75.4 Å². The first-order chi connectivity index (χ1) is 12.6. The Balaban J connectivity index is 1.60. The predicted molar refractivity (Wildman–Crippen MR) is 96.5 cm³/mol. The monoisotopic (exact) mass is 396 g/mol. The van der Waals surface area contributed by atoms with Gasteiger partial charge in [0.15, 0.2) is 5.82 Å². The summed E-state index contributed by atoms with van der Waals surface area (Å²) in [5.41, 5.74) is 0.356. The quantitative estimate of drug-likeness (QED) is 0.659. The fourth-order valence-electron chi connectivity index (χ4n) is 2.93. The first-order valence-electron chi connectivity index (χ1n) is 8.73. The minimum absolute atomic E-state index is 0.120. The van der Waals surface area contributed by atoms with Crippen LogP contribution in [0.3, 0.4) is 0 Å². The molecule has 3 heterocycles. The van der Waals surface area contributed by atoms with E-state index in [0.717, 1.165) is 0 Å². The SMILES string of the molecule is CC(C)c1nc(CCN(C2CN(C(=O)c3ccn(C)n3)C2)S(C)(=O)=O)no1. The van der Waals surface area contributed by atoms with Crippen LogP contribution < -0.4 is 0 Å². The van der Waals surface area contributed by atoms with E-state index in [1.807, 2.05) is 13.8 Å². The van der Waals surface area contributed by atoms with E-state index < -0.39 is 10.0 Å². The number of likely N-dealkylation sites (tertiary alicyclic amines) is 1. The summed E-state index contributed by atoms with van der Waals surface area (Å²) >= 11 is 0. The Bertz CT molecular complexity index is 913. The van der Waals surface area contributed by atoms with Crippen LogP contribution in [0, 0.1) is 0 Å². The van der Waals surface area contributed by atoms with Gasteiger partial charge in [0.2, 0.25) is 15.9 Å². The largest absolute Gasteiger partial charge is 0.339 e. The third-order valence-corrected chi connectivity index (χ3v) is 5.78. The molecule has 0 atom stereocenters. The molecule has 1 amide bonds.